The van der Waals surface area contributed by atoms with Crippen molar-refractivity contribution in [3.8, 4) is 5.69 Å². The zero-order chi connectivity index (χ0) is 13.4. The van der Waals surface area contributed by atoms with Crippen molar-refractivity contribution in [1.82, 2.24) is 9.55 Å². The summed E-state index contributed by atoms with van der Waals surface area (Å²) in [5.74, 6) is 0. The maximum absolute atomic E-state index is 12.6. The number of hydrogen-bond acceptors (Lipinski definition) is 2. The van der Waals surface area contributed by atoms with Crippen LogP contribution in [0.25, 0.3) is 16.6 Å². The van der Waals surface area contributed by atoms with Gasteiger partial charge in [0, 0.05) is 0 Å². The second-order valence-corrected chi connectivity index (χ2v) is 4.68. The van der Waals surface area contributed by atoms with Crippen molar-refractivity contribution in [3.63, 3.8) is 0 Å². The molecule has 3 nitrogen and oxygen atoms in total. The predicted molar refractivity (Wildman–Crippen MR) is 76.8 cm³/mol. The summed E-state index contributed by atoms with van der Waals surface area (Å²) in [4.78, 5) is 17.0. The summed E-state index contributed by atoms with van der Waals surface area (Å²) in [5, 5.41) is 0.688. The van der Waals surface area contributed by atoms with E-state index >= 15 is 0 Å². The SMILES string of the molecule is Cc1ccccc1-n1cnc2cccc(C)c2c1=O. The average Bonchev–Trinajstić information content (AvgIpc) is 2.40. The molecular weight excluding hydrogens is 236 g/mol. The van der Waals surface area contributed by atoms with E-state index in [0.29, 0.717) is 5.39 Å². The minimum atomic E-state index is -0.0163. The maximum atomic E-state index is 12.6. The first-order valence-electron chi connectivity index (χ1n) is 6.21. The number of nitrogens with zero attached hydrogens (tertiary/aromatic N) is 2. The monoisotopic (exact) mass is 250 g/mol. The third kappa shape index (κ3) is 1.83. The molecule has 19 heavy (non-hydrogen) atoms. The molecule has 3 aromatic rings. The van der Waals surface area contributed by atoms with E-state index in [4.69, 9.17) is 0 Å². The molecule has 1 heterocycles. The zero-order valence-corrected chi connectivity index (χ0v) is 10.9. The van der Waals surface area contributed by atoms with E-state index in [-0.39, 0.29) is 5.56 Å². The van der Waals surface area contributed by atoms with E-state index in [1.165, 1.54) is 0 Å². The van der Waals surface area contributed by atoms with E-state index in [0.717, 1.165) is 22.3 Å². The standard InChI is InChI=1S/C16H14N2O/c1-11-6-3-4-9-14(11)18-10-17-13-8-5-7-12(2)15(13)16(18)19/h3-10H,1-2H3. The average molecular weight is 250 g/mol. The number of rotatable bonds is 1. The molecule has 0 N–H and O–H groups in total. The van der Waals surface area contributed by atoms with Gasteiger partial charge in [-0.15, -0.1) is 0 Å². The number of para-hydroxylation sites is 1. The minimum absolute atomic E-state index is 0.0163. The summed E-state index contributed by atoms with van der Waals surface area (Å²) < 4.78 is 1.62. The van der Waals surface area contributed by atoms with Crippen molar-refractivity contribution in [1.29, 1.82) is 0 Å². The lowest BCUT2D eigenvalue weighted by molar-refractivity contribution is 0.951. The third-order valence-electron chi connectivity index (χ3n) is 3.37. The molecule has 0 amide bonds. The first-order valence-corrected chi connectivity index (χ1v) is 6.21. The molecule has 0 fully saturated rings. The van der Waals surface area contributed by atoms with Crippen LogP contribution in [0.15, 0.2) is 53.6 Å². The second kappa shape index (κ2) is 4.35. The minimum Gasteiger partial charge on any atom is -0.268 e. The molecule has 0 unspecified atom stereocenters. The van der Waals surface area contributed by atoms with Crippen LogP contribution in [0.3, 0.4) is 0 Å². The second-order valence-electron chi connectivity index (χ2n) is 4.68. The fraction of sp³-hybridized carbons (Fsp3) is 0.125. The first kappa shape index (κ1) is 11.7. The molecule has 94 valence electrons. The predicted octanol–water partition coefficient (Wildman–Crippen LogP) is 3.00. The van der Waals surface area contributed by atoms with Crippen LogP contribution in [0, 0.1) is 13.8 Å². The van der Waals surface area contributed by atoms with Gasteiger partial charge in [0.25, 0.3) is 5.56 Å². The summed E-state index contributed by atoms with van der Waals surface area (Å²) >= 11 is 0. The van der Waals surface area contributed by atoms with Crippen molar-refractivity contribution >= 4 is 10.9 Å². The number of fused-ring (bicyclic) bond motifs is 1. The highest BCUT2D eigenvalue weighted by Crippen LogP contribution is 2.15. The Bertz CT molecular complexity index is 818. The summed E-state index contributed by atoms with van der Waals surface area (Å²) in [7, 11) is 0. The van der Waals surface area contributed by atoms with E-state index in [9.17, 15) is 4.79 Å². The first-order chi connectivity index (χ1) is 9.18. The van der Waals surface area contributed by atoms with Crippen molar-refractivity contribution < 1.29 is 0 Å². The fourth-order valence-electron chi connectivity index (χ4n) is 2.34. The molecule has 0 radical (unpaired) electrons. The lowest BCUT2D eigenvalue weighted by Crippen LogP contribution is -2.20. The van der Waals surface area contributed by atoms with Gasteiger partial charge in [-0.25, -0.2) is 4.98 Å². The van der Waals surface area contributed by atoms with Crippen LogP contribution in [0.5, 0.6) is 0 Å². The molecular formula is C16H14N2O. The molecule has 0 aliphatic heterocycles. The topological polar surface area (TPSA) is 34.9 Å². The summed E-state index contributed by atoms with van der Waals surface area (Å²) in [6, 6.07) is 13.5. The van der Waals surface area contributed by atoms with Crippen LogP contribution in [0.1, 0.15) is 11.1 Å². The van der Waals surface area contributed by atoms with Crippen molar-refractivity contribution in [2.45, 2.75) is 13.8 Å². The lowest BCUT2D eigenvalue weighted by atomic mass is 10.1. The van der Waals surface area contributed by atoms with Crippen LogP contribution < -0.4 is 5.56 Å². The lowest BCUT2D eigenvalue weighted by Gasteiger charge is -2.10. The Kier molecular flexibility index (Phi) is 2.67. The van der Waals surface area contributed by atoms with Crippen molar-refractivity contribution in [2.24, 2.45) is 0 Å². The summed E-state index contributed by atoms with van der Waals surface area (Å²) in [6.07, 6.45) is 1.60. The Labute approximate surface area is 111 Å². The van der Waals surface area contributed by atoms with Crippen LogP contribution in [-0.4, -0.2) is 9.55 Å². The van der Waals surface area contributed by atoms with Crippen LogP contribution in [-0.2, 0) is 0 Å². The molecule has 3 rings (SSSR count). The summed E-state index contributed by atoms with van der Waals surface area (Å²) in [5.41, 5.74) is 3.62. The van der Waals surface area contributed by atoms with Gasteiger partial charge >= 0.3 is 0 Å². The number of hydrogen-bond donors (Lipinski definition) is 0. The van der Waals surface area contributed by atoms with Crippen LogP contribution >= 0.6 is 0 Å². The van der Waals surface area contributed by atoms with E-state index in [1.54, 1.807) is 10.9 Å². The van der Waals surface area contributed by atoms with Crippen molar-refractivity contribution in [3.05, 3.63) is 70.3 Å². The van der Waals surface area contributed by atoms with E-state index in [1.807, 2.05) is 56.3 Å². The van der Waals surface area contributed by atoms with Gasteiger partial charge in [0.1, 0.15) is 6.33 Å². The number of aromatic nitrogens is 2. The molecule has 0 aliphatic rings. The van der Waals surface area contributed by atoms with Gasteiger partial charge in [-0.1, -0.05) is 30.3 Å². The van der Waals surface area contributed by atoms with E-state index < -0.39 is 0 Å². The molecule has 0 saturated heterocycles. The van der Waals surface area contributed by atoms with Crippen molar-refractivity contribution in [2.75, 3.05) is 0 Å². The molecule has 0 bridgehead atoms. The van der Waals surface area contributed by atoms with Gasteiger partial charge in [0.05, 0.1) is 16.6 Å². The Hall–Kier alpha value is -2.42. The molecule has 3 heteroatoms. The highest BCUT2D eigenvalue weighted by molar-refractivity contribution is 5.81. The Balaban J connectivity index is 2.39. The normalized spacial score (nSPS) is 10.8. The van der Waals surface area contributed by atoms with Gasteiger partial charge in [0.15, 0.2) is 0 Å². The fourth-order valence-corrected chi connectivity index (χ4v) is 2.34. The van der Waals surface area contributed by atoms with Crippen LogP contribution in [0.2, 0.25) is 0 Å². The molecule has 0 saturated carbocycles. The largest absolute Gasteiger partial charge is 0.268 e. The molecule has 0 spiro atoms. The highest BCUT2D eigenvalue weighted by Gasteiger charge is 2.08. The third-order valence-corrected chi connectivity index (χ3v) is 3.37. The quantitative estimate of drug-likeness (QED) is 0.665. The Morgan fingerprint density at radius 1 is 0.947 bits per heavy atom. The van der Waals surface area contributed by atoms with Crippen LogP contribution in [0.4, 0.5) is 0 Å². The molecule has 1 aromatic heterocycles. The van der Waals surface area contributed by atoms with Gasteiger partial charge in [-0.3, -0.25) is 9.36 Å². The molecule has 0 atom stereocenters. The smallest absolute Gasteiger partial charge is 0.266 e. The number of aryl methyl sites for hydroxylation is 2. The molecule has 2 aromatic carbocycles. The van der Waals surface area contributed by atoms with Gasteiger partial charge < -0.3 is 0 Å². The molecule has 0 aliphatic carbocycles. The van der Waals surface area contributed by atoms with Gasteiger partial charge in [0.2, 0.25) is 0 Å². The summed E-state index contributed by atoms with van der Waals surface area (Å²) in [6.45, 7) is 3.93. The van der Waals surface area contributed by atoms with Gasteiger partial charge in [-0.2, -0.15) is 0 Å². The Morgan fingerprint density at radius 3 is 2.47 bits per heavy atom. The van der Waals surface area contributed by atoms with Gasteiger partial charge in [-0.05, 0) is 37.1 Å². The maximum Gasteiger partial charge on any atom is 0.266 e. The number of benzene rings is 2. The highest BCUT2D eigenvalue weighted by atomic mass is 16.1. The Morgan fingerprint density at radius 2 is 1.68 bits per heavy atom. The van der Waals surface area contributed by atoms with E-state index in [2.05, 4.69) is 4.98 Å². The zero-order valence-electron chi connectivity index (χ0n) is 10.9.